The SMILES string of the molecule is COC(=O)C1CCC(c2ncc(-c3ccc(NC(=O)Nc4ccccc4C(F)(F)F)cc3)s2)CC1. The second-order valence-corrected chi connectivity index (χ2v) is 9.40. The van der Waals surface area contributed by atoms with Crippen molar-refractivity contribution in [3.63, 3.8) is 0 Å². The molecule has 0 spiro atoms. The Kier molecular flexibility index (Phi) is 7.39. The second kappa shape index (κ2) is 10.5. The predicted molar refractivity (Wildman–Crippen MR) is 128 cm³/mol. The van der Waals surface area contributed by atoms with Gasteiger partial charge in [-0.25, -0.2) is 9.78 Å². The molecule has 2 N–H and O–H groups in total. The van der Waals surface area contributed by atoms with Crippen LogP contribution in [0.2, 0.25) is 0 Å². The van der Waals surface area contributed by atoms with Crippen LogP contribution in [0.4, 0.5) is 29.3 Å². The minimum atomic E-state index is -4.57. The van der Waals surface area contributed by atoms with Crippen LogP contribution in [0, 0.1) is 5.92 Å². The van der Waals surface area contributed by atoms with E-state index in [2.05, 4.69) is 15.6 Å². The number of benzene rings is 2. The van der Waals surface area contributed by atoms with Crippen LogP contribution < -0.4 is 10.6 Å². The Hall–Kier alpha value is -3.40. The average Bonchev–Trinajstić information content (AvgIpc) is 3.34. The van der Waals surface area contributed by atoms with Gasteiger partial charge in [-0.1, -0.05) is 24.3 Å². The lowest BCUT2D eigenvalue weighted by molar-refractivity contribution is -0.146. The molecule has 1 aliphatic carbocycles. The quantitative estimate of drug-likeness (QED) is 0.371. The number of halogens is 3. The normalized spacial score (nSPS) is 18.1. The molecule has 1 saturated carbocycles. The number of urea groups is 1. The van der Waals surface area contributed by atoms with Crippen LogP contribution in [0.25, 0.3) is 10.4 Å². The largest absolute Gasteiger partial charge is 0.469 e. The number of nitrogens with one attached hydrogen (secondary N) is 2. The van der Waals surface area contributed by atoms with Gasteiger partial charge in [-0.2, -0.15) is 13.2 Å². The fourth-order valence-corrected chi connectivity index (χ4v) is 5.29. The maximum Gasteiger partial charge on any atom is 0.418 e. The van der Waals surface area contributed by atoms with Crippen LogP contribution >= 0.6 is 11.3 Å². The summed E-state index contributed by atoms with van der Waals surface area (Å²) >= 11 is 1.60. The van der Waals surface area contributed by atoms with Crippen molar-refractivity contribution in [3.05, 3.63) is 65.3 Å². The third kappa shape index (κ3) is 6.00. The van der Waals surface area contributed by atoms with Crippen molar-refractivity contribution in [2.24, 2.45) is 5.92 Å². The van der Waals surface area contributed by atoms with Gasteiger partial charge in [0.05, 0.1) is 34.2 Å². The fraction of sp³-hybridized carbons (Fsp3) is 0.320. The van der Waals surface area contributed by atoms with Gasteiger partial charge in [0.25, 0.3) is 0 Å². The highest BCUT2D eigenvalue weighted by Crippen LogP contribution is 2.40. The first-order chi connectivity index (χ1) is 16.7. The van der Waals surface area contributed by atoms with E-state index in [1.165, 1.54) is 25.3 Å². The highest BCUT2D eigenvalue weighted by Gasteiger charge is 2.33. The number of carbonyl (C=O) groups is 2. The lowest BCUT2D eigenvalue weighted by Gasteiger charge is -2.25. The number of rotatable bonds is 5. The Morgan fingerprint density at radius 3 is 2.34 bits per heavy atom. The number of anilines is 2. The zero-order valence-electron chi connectivity index (χ0n) is 18.9. The standard InChI is InChI=1S/C25H24F3N3O3S/c1-34-23(32)17-8-6-16(7-9-17)22-29-14-21(35-22)15-10-12-18(13-11-15)30-24(33)31-20-5-3-2-4-19(20)25(26,27)28/h2-5,10-14,16-17H,6-9H2,1H3,(H2,30,31,33). The van der Waals surface area contributed by atoms with E-state index in [1.54, 1.807) is 23.5 Å². The van der Waals surface area contributed by atoms with Crippen molar-refractivity contribution in [1.29, 1.82) is 0 Å². The molecule has 0 unspecified atom stereocenters. The number of hydrogen-bond donors (Lipinski definition) is 2. The molecule has 2 aromatic carbocycles. The molecule has 1 heterocycles. The van der Waals surface area contributed by atoms with E-state index >= 15 is 0 Å². The third-order valence-electron chi connectivity index (χ3n) is 6.04. The zero-order chi connectivity index (χ0) is 25.0. The van der Waals surface area contributed by atoms with Crippen molar-refractivity contribution in [1.82, 2.24) is 4.98 Å². The van der Waals surface area contributed by atoms with Crippen LogP contribution in [-0.2, 0) is 15.7 Å². The Morgan fingerprint density at radius 1 is 1.00 bits per heavy atom. The van der Waals surface area contributed by atoms with Crippen molar-refractivity contribution in [2.45, 2.75) is 37.8 Å². The molecule has 2 amide bonds. The van der Waals surface area contributed by atoms with E-state index in [0.29, 0.717) is 11.6 Å². The van der Waals surface area contributed by atoms with Crippen LogP contribution in [0.3, 0.4) is 0 Å². The van der Waals surface area contributed by atoms with E-state index in [9.17, 15) is 22.8 Å². The lowest BCUT2D eigenvalue weighted by Crippen LogP contribution is -2.22. The number of esters is 1. The molecule has 3 aromatic rings. The molecule has 35 heavy (non-hydrogen) atoms. The maximum atomic E-state index is 13.1. The Morgan fingerprint density at radius 2 is 1.69 bits per heavy atom. The van der Waals surface area contributed by atoms with Crippen molar-refractivity contribution in [3.8, 4) is 10.4 Å². The molecule has 0 aliphatic heterocycles. The molecule has 0 saturated heterocycles. The first-order valence-corrected chi connectivity index (χ1v) is 11.9. The molecular weight excluding hydrogens is 479 g/mol. The lowest BCUT2D eigenvalue weighted by atomic mass is 9.82. The summed E-state index contributed by atoms with van der Waals surface area (Å²) in [6.07, 6.45) is 0.615. The van der Waals surface area contributed by atoms with Crippen molar-refractivity contribution >= 4 is 34.7 Å². The van der Waals surface area contributed by atoms with E-state index < -0.39 is 17.8 Å². The minimum absolute atomic E-state index is 0.0325. The van der Waals surface area contributed by atoms with Gasteiger partial charge in [0, 0.05) is 17.8 Å². The number of nitrogens with zero attached hydrogens (tertiary/aromatic N) is 1. The number of alkyl halides is 3. The highest BCUT2D eigenvalue weighted by molar-refractivity contribution is 7.15. The fourth-order valence-electron chi connectivity index (χ4n) is 4.19. The Bertz CT molecular complexity index is 1190. The molecule has 1 aliphatic rings. The number of thiazole rings is 1. The van der Waals surface area contributed by atoms with Gasteiger partial charge in [-0.05, 0) is 55.5 Å². The summed E-state index contributed by atoms with van der Waals surface area (Å²) in [6, 6.07) is 11.1. The van der Waals surface area contributed by atoms with Gasteiger partial charge >= 0.3 is 18.2 Å². The first kappa shape index (κ1) is 24.7. The first-order valence-electron chi connectivity index (χ1n) is 11.1. The molecule has 0 radical (unpaired) electrons. The summed E-state index contributed by atoms with van der Waals surface area (Å²) in [5.41, 5.74) is 0.143. The molecule has 1 fully saturated rings. The van der Waals surface area contributed by atoms with E-state index in [1.807, 2.05) is 18.3 Å². The molecule has 6 nitrogen and oxygen atoms in total. The summed E-state index contributed by atoms with van der Waals surface area (Å²) < 4.78 is 44.2. The summed E-state index contributed by atoms with van der Waals surface area (Å²) in [5, 5.41) is 5.85. The summed E-state index contributed by atoms with van der Waals surface area (Å²) in [4.78, 5) is 29.5. The number of amides is 2. The second-order valence-electron chi connectivity index (χ2n) is 8.33. The predicted octanol–water partition coefficient (Wildman–Crippen LogP) is 6.92. The van der Waals surface area contributed by atoms with E-state index in [0.717, 1.165) is 47.2 Å². The summed E-state index contributed by atoms with van der Waals surface area (Å²) in [6.45, 7) is 0. The molecule has 0 bridgehead atoms. The van der Waals surface area contributed by atoms with Crippen LogP contribution in [-0.4, -0.2) is 24.1 Å². The van der Waals surface area contributed by atoms with Gasteiger partial charge in [0.2, 0.25) is 0 Å². The van der Waals surface area contributed by atoms with Gasteiger partial charge in [-0.3, -0.25) is 4.79 Å². The number of hydrogen-bond acceptors (Lipinski definition) is 5. The van der Waals surface area contributed by atoms with Crippen LogP contribution in [0.15, 0.2) is 54.7 Å². The minimum Gasteiger partial charge on any atom is -0.469 e. The van der Waals surface area contributed by atoms with Gasteiger partial charge < -0.3 is 15.4 Å². The highest BCUT2D eigenvalue weighted by atomic mass is 32.1. The number of ether oxygens (including phenoxy) is 1. The van der Waals surface area contributed by atoms with Gasteiger partial charge in [0.15, 0.2) is 0 Å². The smallest absolute Gasteiger partial charge is 0.418 e. The topological polar surface area (TPSA) is 80.3 Å². The zero-order valence-corrected chi connectivity index (χ0v) is 19.7. The number of carbonyl (C=O) groups excluding carboxylic acids is 2. The Balaban J connectivity index is 1.36. The van der Waals surface area contributed by atoms with Gasteiger partial charge in [-0.15, -0.1) is 11.3 Å². The van der Waals surface area contributed by atoms with E-state index in [4.69, 9.17) is 4.74 Å². The average molecular weight is 504 g/mol. The Labute approximate surface area is 204 Å². The number of para-hydroxylation sites is 1. The molecule has 184 valence electrons. The molecule has 0 atom stereocenters. The summed E-state index contributed by atoms with van der Waals surface area (Å²) in [7, 11) is 1.42. The molecule has 10 heteroatoms. The van der Waals surface area contributed by atoms with Crippen molar-refractivity contribution < 1.29 is 27.5 Å². The number of aromatic nitrogens is 1. The summed E-state index contributed by atoms with van der Waals surface area (Å²) in [5.74, 6) is 0.143. The molecular formula is C25H24F3N3O3S. The van der Waals surface area contributed by atoms with Gasteiger partial charge in [0.1, 0.15) is 0 Å². The molecule has 4 rings (SSSR count). The monoisotopic (exact) mass is 503 g/mol. The van der Waals surface area contributed by atoms with Crippen molar-refractivity contribution in [2.75, 3.05) is 17.7 Å². The maximum absolute atomic E-state index is 13.1. The third-order valence-corrected chi connectivity index (χ3v) is 7.25. The van der Waals surface area contributed by atoms with Crippen LogP contribution in [0.5, 0.6) is 0 Å². The van der Waals surface area contributed by atoms with Crippen LogP contribution in [0.1, 0.15) is 42.2 Å². The van der Waals surface area contributed by atoms with E-state index in [-0.39, 0.29) is 17.6 Å². The molecule has 1 aromatic heterocycles. The number of methoxy groups -OCH3 is 1.